The van der Waals surface area contributed by atoms with Gasteiger partial charge in [-0.3, -0.25) is 19.4 Å². The Labute approximate surface area is 197 Å². The van der Waals surface area contributed by atoms with E-state index in [0.29, 0.717) is 63.6 Å². The lowest BCUT2D eigenvalue weighted by Gasteiger charge is -2.37. The molecule has 1 heterocycles. The van der Waals surface area contributed by atoms with E-state index in [1.807, 2.05) is 6.92 Å². The topological polar surface area (TPSA) is 102 Å². The second-order valence-electron chi connectivity index (χ2n) is 8.14. The van der Waals surface area contributed by atoms with Gasteiger partial charge in [-0.25, -0.2) is 8.42 Å². The van der Waals surface area contributed by atoms with E-state index in [1.54, 1.807) is 39.0 Å². The van der Waals surface area contributed by atoms with Crippen molar-refractivity contribution in [1.29, 1.82) is 0 Å². The first-order valence-electron chi connectivity index (χ1n) is 11.4. The molecule has 0 aliphatic carbocycles. The fourth-order valence-corrected chi connectivity index (χ4v) is 5.53. The molecule has 2 rings (SSSR count). The number of amides is 2. The molecule has 2 N–H and O–H groups in total. The normalized spacial score (nSPS) is 16.4. The molecule has 184 valence electrons. The predicted molar refractivity (Wildman–Crippen MR) is 131 cm³/mol. The van der Waals surface area contributed by atoms with Gasteiger partial charge in [0.2, 0.25) is 21.8 Å². The van der Waals surface area contributed by atoms with Gasteiger partial charge in [-0.2, -0.15) is 4.31 Å². The molecule has 0 radical (unpaired) electrons. The largest absolute Gasteiger partial charge is 0.352 e. The van der Waals surface area contributed by atoms with Crippen LogP contribution in [0.3, 0.4) is 0 Å². The highest BCUT2D eigenvalue weighted by molar-refractivity contribution is 7.89. The Morgan fingerprint density at radius 2 is 1.82 bits per heavy atom. The van der Waals surface area contributed by atoms with Crippen LogP contribution < -0.4 is 10.6 Å². The summed E-state index contributed by atoms with van der Waals surface area (Å²) in [5.41, 5.74) is 1.10. The number of nitrogens with zero attached hydrogens (tertiary/aromatic N) is 3. The fraction of sp³-hybridized carbons (Fsp3) is 0.565. The molecule has 1 atom stereocenters. The van der Waals surface area contributed by atoms with Gasteiger partial charge in [-0.1, -0.05) is 26.0 Å². The Kier molecular flexibility index (Phi) is 10.0. The van der Waals surface area contributed by atoms with E-state index in [0.717, 1.165) is 0 Å². The highest BCUT2D eigenvalue weighted by Crippen LogP contribution is 2.24. The predicted octanol–water partition coefficient (Wildman–Crippen LogP) is 1.27. The minimum Gasteiger partial charge on any atom is -0.352 e. The summed E-state index contributed by atoms with van der Waals surface area (Å²) in [6.07, 6.45) is 1.65. The molecule has 1 aliphatic heterocycles. The Morgan fingerprint density at radius 3 is 2.39 bits per heavy atom. The highest BCUT2D eigenvalue weighted by Gasteiger charge is 2.27. The number of carbonyl (C=O) groups is 2. The monoisotopic (exact) mass is 479 g/mol. The van der Waals surface area contributed by atoms with E-state index >= 15 is 0 Å². The van der Waals surface area contributed by atoms with Crippen LogP contribution in [0.5, 0.6) is 0 Å². The summed E-state index contributed by atoms with van der Waals surface area (Å²) in [5, 5.41) is 5.64. The maximum absolute atomic E-state index is 13.0. The van der Waals surface area contributed by atoms with Crippen molar-refractivity contribution in [2.45, 2.75) is 38.6 Å². The molecular weight excluding hydrogens is 442 g/mol. The average Bonchev–Trinajstić information content (AvgIpc) is 2.79. The van der Waals surface area contributed by atoms with Crippen LogP contribution in [0.25, 0.3) is 0 Å². The summed E-state index contributed by atoms with van der Waals surface area (Å²) >= 11 is 0. The Bertz CT molecular complexity index is 938. The van der Waals surface area contributed by atoms with Crippen LogP contribution in [0.15, 0.2) is 35.7 Å². The molecule has 0 bridgehead atoms. The first-order chi connectivity index (χ1) is 15.6. The van der Waals surface area contributed by atoms with E-state index in [1.165, 1.54) is 10.4 Å². The second-order valence-corrected chi connectivity index (χ2v) is 10.0. The van der Waals surface area contributed by atoms with Gasteiger partial charge in [0.25, 0.3) is 0 Å². The van der Waals surface area contributed by atoms with Crippen LogP contribution in [-0.4, -0.2) is 92.7 Å². The zero-order chi connectivity index (χ0) is 24.6. The zero-order valence-electron chi connectivity index (χ0n) is 20.1. The number of carbonyl (C=O) groups excluding carboxylic acids is 2. The van der Waals surface area contributed by atoms with E-state index in [2.05, 4.69) is 27.0 Å². The van der Waals surface area contributed by atoms with Gasteiger partial charge in [0.05, 0.1) is 17.5 Å². The van der Waals surface area contributed by atoms with E-state index < -0.39 is 10.0 Å². The van der Waals surface area contributed by atoms with Gasteiger partial charge in [0, 0.05) is 51.5 Å². The molecule has 10 heteroatoms. The maximum atomic E-state index is 13.0. The summed E-state index contributed by atoms with van der Waals surface area (Å²) in [6.45, 7) is 15.0. The molecular formula is C23H37N5O4S. The zero-order valence-corrected chi connectivity index (χ0v) is 21.0. The smallest absolute Gasteiger partial charge is 0.243 e. The summed E-state index contributed by atoms with van der Waals surface area (Å²) in [6, 6.07) is 4.59. The standard InChI is InChI=1S/C23H37N5O4S/c1-6-11-24-22(29)17-26-12-14-27(15-13-26)19(5)23(30)25-20-10-9-18(4)21(16-20)33(31,32)28(7-2)8-3/h6,9-10,16,19H,1,7-8,11-15,17H2,2-5H3,(H,24,29)(H,25,30)/t19-/m0/s1. The number of piperazine rings is 1. The third kappa shape index (κ3) is 7.10. The van der Waals surface area contributed by atoms with Crippen molar-refractivity contribution >= 4 is 27.5 Å². The molecule has 0 aromatic heterocycles. The van der Waals surface area contributed by atoms with Crippen LogP contribution in [-0.2, 0) is 19.6 Å². The van der Waals surface area contributed by atoms with Crippen molar-refractivity contribution in [1.82, 2.24) is 19.4 Å². The van der Waals surface area contributed by atoms with Crippen LogP contribution in [0, 0.1) is 6.92 Å². The summed E-state index contributed by atoms with van der Waals surface area (Å²) < 4.78 is 27.3. The van der Waals surface area contributed by atoms with Gasteiger partial charge in [-0.15, -0.1) is 6.58 Å². The number of nitrogens with one attached hydrogen (secondary N) is 2. The van der Waals surface area contributed by atoms with E-state index in [4.69, 9.17) is 0 Å². The third-order valence-electron chi connectivity index (χ3n) is 5.92. The summed E-state index contributed by atoms with van der Waals surface area (Å²) in [7, 11) is -3.63. The van der Waals surface area contributed by atoms with Crippen LogP contribution in [0.1, 0.15) is 26.3 Å². The van der Waals surface area contributed by atoms with Crippen LogP contribution in [0.2, 0.25) is 0 Å². The summed E-state index contributed by atoms with van der Waals surface area (Å²) in [5.74, 6) is -0.230. The van der Waals surface area contributed by atoms with Gasteiger partial charge < -0.3 is 10.6 Å². The minimum absolute atomic E-state index is 0.0380. The summed E-state index contributed by atoms with van der Waals surface area (Å²) in [4.78, 5) is 29.1. The molecule has 1 fully saturated rings. The number of anilines is 1. The van der Waals surface area contributed by atoms with Crippen molar-refractivity contribution < 1.29 is 18.0 Å². The van der Waals surface area contributed by atoms with Crippen LogP contribution in [0.4, 0.5) is 5.69 Å². The van der Waals surface area contributed by atoms with Crippen molar-refractivity contribution in [3.63, 3.8) is 0 Å². The number of hydrogen-bond donors (Lipinski definition) is 2. The molecule has 0 unspecified atom stereocenters. The lowest BCUT2D eigenvalue weighted by molar-refractivity contribution is -0.124. The maximum Gasteiger partial charge on any atom is 0.243 e. The van der Waals surface area contributed by atoms with Crippen molar-refractivity contribution in [3.8, 4) is 0 Å². The lowest BCUT2D eigenvalue weighted by atomic mass is 10.2. The Balaban J connectivity index is 1.99. The quantitative estimate of drug-likeness (QED) is 0.464. The fourth-order valence-electron chi connectivity index (χ4n) is 3.82. The number of aryl methyl sites for hydroxylation is 1. The van der Waals surface area contributed by atoms with Crippen molar-refractivity contribution in [2.24, 2.45) is 0 Å². The van der Waals surface area contributed by atoms with Crippen molar-refractivity contribution in [2.75, 3.05) is 57.7 Å². The van der Waals surface area contributed by atoms with Gasteiger partial charge in [-0.05, 0) is 31.5 Å². The molecule has 9 nitrogen and oxygen atoms in total. The highest BCUT2D eigenvalue weighted by atomic mass is 32.2. The molecule has 2 amide bonds. The minimum atomic E-state index is -3.63. The average molecular weight is 480 g/mol. The molecule has 1 saturated heterocycles. The van der Waals surface area contributed by atoms with E-state index in [-0.39, 0.29) is 22.8 Å². The molecule has 1 aromatic carbocycles. The molecule has 0 saturated carbocycles. The van der Waals surface area contributed by atoms with Gasteiger partial charge in [0.15, 0.2) is 0 Å². The first kappa shape index (κ1) is 27.0. The molecule has 1 aromatic rings. The number of hydrogen-bond acceptors (Lipinski definition) is 6. The lowest BCUT2D eigenvalue weighted by Crippen LogP contribution is -2.54. The molecule has 33 heavy (non-hydrogen) atoms. The second kappa shape index (κ2) is 12.3. The SMILES string of the molecule is C=CCNC(=O)CN1CCN([C@@H](C)C(=O)Nc2ccc(C)c(S(=O)(=O)N(CC)CC)c2)CC1. The number of benzene rings is 1. The number of sulfonamides is 1. The Morgan fingerprint density at radius 1 is 1.18 bits per heavy atom. The van der Waals surface area contributed by atoms with E-state index in [9.17, 15) is 18.0 Å². The third-order valence-corrected chi connectivity index (χ3v) is 8.12. The van der Waals surface area contributed by atoms with Gasteiger partial charge >= 0.3 is 0 Å². The molecule has 1 aliphatic rings. The van der Waals surface area contributed by atoms with Gasteiger partial charge in [0.1, 0.15) is 0 Å². The molecule has 0 spiro atoms. The Hall–Kier alpha value is -2.27. The van der Waals surface area contributed by atoms with Crippen molar-refractivity contribution in [3.05, 3.63) is 36.4 Å². The first-order valence-corrected chi connectivity index (χ1v) is 12.8. The van der Waals surface area contributed by atoms with Crippen LogP contribution >= 0.6 is 0 Å². The number of rotatable bonds is 11.